The van der Waals surface area contributed by atoms with Gasteiger partial charge < -0.3 is 10.1 Å². The van der Waals surface area contributed by atoms with Crippen molar-refractivity contribution in [3.8, 4) is 5.88 Å². The molecule has 0 spiro atoms. The molecule has 1 N–H and O–H groups in total. The second-order valence-corrected chi connectivity index (χ2v) is 6.52. The molecule has 0 aliphatic rings. The third kappa shape index (κ3) is 4.60. The molecule has 1 unspecified atom stereocenters. The Morgan fingerprint density at radius 2 is 1.89 bits per heavy atom. The van der Waals surface area contributed by atoms with Crippen LogP contribution in [0, 0.1) is 6.92 Å². The van der Waals surface area contributed by atoms with Gasteiger partial charge in [0.15, 0.2) is 6.61 Å². The lowest BCUT2D eigenvalue weighted by molar-refractivity contribution is -0.154. The molecule has 0 saturated heterocycles. The van der Waals surface area contributed by atoms with Gasteiger partial charge in [-0.1, -0.05) is 36.4 Å². The van der Waals surface area contributed by atoms with E-state index in [0.29, 0.717) is 16.7 Å². The summed E-state index contributed by atoms with van der Waals surface area (Å²) in [7, 11) is 0. The Kier molecular flexibility index (Phi) is 5.53. The zero-order chi connectivity index (χ0) is 20.3. The van der Waals surface area contributed by atoms with E-state index in [4.69, 9.17) is 4.74 Å². The van der Waals surface area contributed by atoms with Crippen molar-refractivity contribution >= 4 is 16.7 Å². The van der Waals surface area contributed by atoms with E-state index in [1.54, 1.807) is 26.0 Å². The van der Waals surface area contributed by atoms with Gasteiger partial charge in [0.25, 0.3) is 5.91 Å². The molecule has 4 nitrogen and oxygen atoms in total. The molecule has 0 aliphatic carbocycles. The number of pyridine rings is 1. The molecule has 7 heteroatoms. The molecule has 146 valence electrons. The van der Waals surface area contributed by atoms with Crippen LogP contribution in [-0.2, 0) is 0 Å². The molecule has 0 fully saturated rings. The van der Waals surface area contributed by atoms with Gasteiger partial charge in [-0.3, -0.25) is 4.79 Å². The number of alkyl halides is 3. The number of ether oxygens (including phenoxy) is 1. The van der Waals surface area contributed by atoms with Crippen molar-refractivity contribution in [1.29, 1.82) is 0 Å². The van der Waals surface area contributed by atoms with E-state index in [0.717, 1.165) is 10.8 Å². The number of rotatable bonds is 5. The summed E-state index contributed by atoms with van der Waals surface area (Å²) in [6.07, 6.45) is -3.01. The fourth-order valence-corrected chi connectivity index (χ4v) is 2.90. The van der Waals surface area contributed by atoms with Gasteiger partial charge in [0, 0.05) is 17.3 Å². The van der Waals surface area contributed by atoms with Crippen LogP contribution in [-0.4, -0.2) is 23.7 Å². The maximum atomic E-state index is 12.7. The van der Waals surface area contributed by atoms with Gasteiger partial charge in [-0.05, 0) is 42.3 Å². The molecular weight excluding hydrogens is 369 g/mol. The molecule has 1 atom stereocenters. The van der Waals surface area contributed by atoms with Crippen LogP contribution in [0.4, 0.5) is 13.2 Å². The minimum Gasteiger partial charge on any atom is -0.468 e. The van der Waals surface area contributed by atoms with Crippen LogP contribution in [0.3, 0.4) is 0 Å². The first-order valence-electron chi connectivity index (χ1n) is 8.69. The Labute approximate surface area is 160 Å². The summed E-state index contributed by atoms with van der Waals surface area (Å²) in [5.41, 5.74) is 1.69. The Morgan fingerprint density at radius 3 is 2.61 bits per heavy atom. The highest BCUT2D eigenvalue weighted by Crippen LogP contribution is 2.24. The Balaban J connectivity index is 1.74. The highest BCUT2D eigenvalue weighted by atomic mass is 19.4. The summed E-state index contributed by atoms with van der Waals surface area (Å²) in [4.78, 5) is 16.7. The second-order valence-electron chi connectivity index (χ2n) is 6.52. The predicted octanol–water partition coefficient (Wildman–Crippen LogP) is 4.98. The summed E-state index contributed by atoms with van der Waals surface area (Å²) in [5, 5.41) is 4.72. The summed E-state index contributed by atoms with van der Waals surface area (Å²) >= 11 is 0. The number of hydrogen-bond donors (Lipinski definition) is 1. The standard InChI is InChI=1S/C21H19F3N2O2/c1-13-10-16(11-25-20(13)28-12-21(22,23)24)14(2)26-19(27)18-9-5-7-15-6-3-4-8-17(15)18/h3-11,14H,12H2,1-2H3,(H,26,27). The average Bonchev–Trinajstić information content (AvgIpc) is 2.65. The fraction of sp³-hybridized carbons (Fsp3) is 0.238. The quantitative estimate of drug-likeness (QED) is 0.671. The van der Waals surface area contributed by atoms with Crippen molar-refractivity contribution in [2.45, 2.75) is 26.1 Å². The Bertz CT molecular complexity index is 997. The summed E-state index contributed by atoms with van der Waals surface area (Å²) in [5.74, 6) is -0.312. The molecule has 0 saturated carbocycles. The average molecular weight is 388 g/mol. The minimum absolute atomic E-state index is 0.0753. The number of hydrogen-bond acceptors (Lipinski definition) is 3. The molecule has 0 radical (unpaired) electrons. The molecule has 28 heavy (non-hydrogen) atoms. The number of nitrogens with one attached hydrogen (secondary N) is 1. The number of halogens is 3. The van der Waals surface area contributed by atoms with Gasteiger partial charge in [-0.25, -0.2) is 4.98 Å². The number of nitrogens with zero attached hydrogens (tertiary/aromatic N) is 1. The zero-order valence-electron chi connectivity index (χ0n) is 15.4. The molecule has 1 heterocycles. The topological polar surface area (TPSA) is 51.2 Å². The molecule has 1 aromatic heterocycles. The Morgan fingerprint density at radius 1 is 1.18 bits per heavy atom. The smallest absolute Gasteiger partial charge is 0.422 e. The molecule has 0 aliphatic heterocycles. The zero-order valence-corrected chi connectivity index (χ0v) is 15.4. The van der Waals surface area contributed by atoms with E-state index in [1.807, 2.05) is 36.4 Å². The van der Waals surface area contributed by atoms with Crippen LogP contribution in [0.15, 0.2) is 54.7 Å². The van der Waals surface area contributed by atoms with Crippen LogP contribution in [0.2, 0.25) is 0 Å². The predicted molar refractivity (Wildman–Crippen MR) is 100 cm³/mol. The number of aromatic nitrogens is 1. The lowest BCUT2D eigenvalue weighted by atomic mass is 10.0. The first kappa shape index (κ1) is 19.7. The van der Waals surface area contributed by atoms with E-state index < -0.39 is 12.8 Å². The van der Waals surface area contributed by atoms with Gasteiger partial charge in [-0.2, -0.15) is 13.2 Å². The van der Waals surface area contributed by atoms with Gasteiger partial charge in [-0.15, -0.1) is 0 Å². The van der Waals surface area contributed by atoms with Crippen LogP contribution in [0.1, 0.15) is 34.5 Å². The summed E-state index contributed by atoms with van der Waals surface area (Å²) < 4.78 is 41.6. The third-order valence-electron chi connectivity index (χ3n) is 4.31. The largest absolute Gasteiger partial charge is 0.468 e. The Hall–Kier alpha value is -3.09. The molecule has 3 rings (SSSR count). The van der Waals surface area contributed by atoms with Crippen LogP contribution < -0.4 is 10.1 Å². The van der Waals surface area contributed by atoms with Crippen molar-refractivity contribution < 1.29 is 22.7 Å². The fourth-order valence-electron chi connectivity index (χ4n) is 2.90. The second kappa shape index (κ2) is 7.88. The van der Waals surface area contributed by atoms with E-state index >= 15 is 0 Å². The van der Waals surface area contributed by atoms with Crippen molar-refractivity contribution in [2.24, 2.45) is 0 Å². The van der Waals surface area contributed by atoms with E-state index in [1.165, 1.54) is 6.20 Å². The maximum Gasteiger partial charge on any atom is 0.422 e. The van der Waals surface area contributed by atoms with Gasteiger partial charge >= 0.3 is 6.18 Å². The summed E-state index contributed by atoms with van der Waals surface area (Å²) in [6, 6.07) is 14.4. The van der Waals surface area contributed by atoms with E-state index in [9.17, 15) is 18.0 Å². The third-order valence-corrected chi connectivity index (χ3v) is 4.31. The van der Waals surface area contributed by atoms with Crippen LogP contribution >= 0.6 is 0 Å². The number of carbonyl (C=O) groups is 1. The molecule has 0 bridgehead atoms. The van der Waals surface area contributed by atoms with E-state index in [-0.39, 0.29) is 17.8 Å². The number of carbonyl (C=O) groups excluding carboxylic acids is 1. The minimum atomic E-state index is -4.42. The highest BCUT2D eigenvalue weighted by Gasteiger charge is 2.29. The lowest BCUT2D eigenvalue weighted by Gasteiger charge is -2.17. The normalized spacial score (nSPS) is 12.6. The van der Waals surface area contributed by atoms with Crippen LogP contribution in [0.25, 0.3) is 10.8 Å². The molecule has 2 aromatic carbocycles. The van der Waals surface area contributed by atoms with Crippen molar-refractivity contribution in [3.05, 3.63) is 71.4 Å². The van der Waals surface area contributed by atoms with Crippen LogP contribution in [0.5, 0.6) is 5.88 Å². The lowest BCUT2D eigenvalue weighted by Crippen LogP contribution is -2.27. The van der Waals surface area contributed by atoms with Crippen molar-refractivity contribution in [3.63, 3.8) is 0 Å². The molecular formula is C21H19F3N2O2. The van der Waals surface area contributed by atoms with Crippen molar-refractivity contribution in [2.75, 3.05) is 6.61 Å². The first-order chi connectivity index (χ1) is 13.2. The number of benzene rings is 2. The van der Waals surface area contributed by atoms with Gasteiger partial charge in [0.2, 0.25) is 5.88 Å². The van der Waals surface area contributed by atoms with E-state index in [2.05, 4.69) is 10.3 Å². The number of aryl methyl sites for hydroxylation is 1. The maximum absolute atomic E-state index is 12.7. The SMILES string of the molecule is Cc1cc(C(C)NC(=O)c2cccc3ccccc23)cnc1OCC(F)(F)F. The van der Waals surface area contributed by atoms with Crippen molar-refractivity contribution in [1.82, 2.24) is 10.3 Å². The number of amides is 1. The monoisotopic (exact) mass is 388 g/mol. The molecule has 1 amide bonds. The first-order valence-corrected chi connectivity index (χ1v) is 8.69. The molecule has 3 aromatic rings. The van der Waals surface area contributed by atoms with Gasteiger partial charge in [0.1, 0.15) is 0 Å². The summed E-state index contributed by atoms with van der Waals surface area (Å²) in [6.45, 7) is 2.00. The number of fused-ring (bicyclic) bond motifs is 1. The van der Waals surface area contributed by atoms with Gasteiger partial charge in [0.05, 0.1) is 6.04 Å². The highest BCUT2D eigenvalue weighted by molar-refractivity contribution is 6.07.